The summed E-state index contributed by atoms with van der Waals surface area (Å²) in [5.41, 5.74) is 0.945. The molecule has 8 heteroatoms. The van der Waals surface area contributed by atoms with Crippen LogP contribution in [0.1, 0.15) is 45.4 Å². The minimum atomic E-state index is 0. The number of halogens is 1. The van der Waals surface area contributed by atoms with E-state index in [1.165, 1.54) is 19.3 Å². The maximum atomic E-state index is 5.17. The molecule has 27 heavy (non-hydrogen) atoms. The Morgan fingerprint density at radius 1 is 1.26 bits per heavy atom. The number of aromatic nitrogens is 3. The molecule has 7 nitrogen and oxygen atoms in total. The number of nitrogens with one attached hydrogen (secondary N) is 3. The van der Waals surface area contributed by atoms with Crippen molar-refractivity contribution in [3.8, 4) is 17.1 Å². The van der Waals surface area contributed by atoms with Gasteiger partial charge in [-0.1, -0.05) is 26.2 Å². The van der Waals surface area contributed by atoms with Gasteiger partial charge in [-0.2, -0.15) is 5.10 Å². The number of guanidine groups is 1. The molecule has 150 valence electrons. The second-order valence-corrected chi connectivity index (χ2v) is 6.30. The van der Waals surface area contributed by atoms with Crippen molar-refractivity contribution in [3.63, 3.8) is 0 Å². The highest BCUT2D eigenvalue weighted by Crippen LogP contribution is 2.18. The van der Waals surface area contributed by atoms with Crippen LogP contribution in [0.25, 0.3) is 11.4 Å². The molecule has 1 aromatic heterocycles. The number of aliphatic imine (C=N–C) groups is 1. The number of rotatable bonds is 9. The maximum absolute atomic E-state index is 5.17. The number of hydrogen-bond acceptors (Lipinski definition) is 4. The summed E-state index contributed by atoms with van der Waals surface area (Å²) in [6, 6.07) is 8.07. The van der Waals surface area contributed by atoms with E-state index in [-0.39, 0.29) is 24.0 Å². The summed E-state index contributed by atoms with van der Waals surface area (Å²) in [6.45, 7) is 4.93. The summed E-state index contributed by atoms with van der Waals surface area (Å²) in [4.78, 5) is 8.80. The molecular formula is C19H31IN6O. The fourth-order valence-electron chi connectivity index (χ4n) is 2.61. The summed E-state index contributed by atoms with van der Waals surface area (Å²) < 4.78 is 5.17. The molecule has 0 bridgehead atoms. The van der Waals surface area contributed by atoms with Crippen LogP contribution in [0.4, 0.5) is 0 Å². The van der Waals surface area contributed by atoms with Gasteiger partial charge in [-0.3, -0.25) is 10.1 Å². The van der Waals surface area contributed by atoms with Gasteiger partial charge in [-0.25, -0.2) is 4.98 Å². The lowest BCUT2D eigenvalue weighted by Crippen LogP contribution is -2.42. The smallest absolute Gasteiger partial charge is 0.191 e. The number of methoxy groups -OCH3 is 1. The predicted octanol–water partition coefficient (Wildman–Crippen LogP) is 3.73. The molecule has 1 heterocycles. The number of aromatic amines is 1. The normalized spacial score (nSPS) is 12.2. The average molecular weight is 486 g/mol. The number of benzene rings is 1. The highest BCUT2D eigenvalue weighted by molar-refractivity contribution is 14.0. The third-order valence-electron chi connectivity index (χ3n) is 4.15. The van der Waals surface area contributed by atoms with Crippen molar-refractivity contribution in [3.05, 3.63) is 30.1 Å². The van der Waals surface area contributed by atoms with Gasteiger partial charge in [0, 0.05) is 18.7 Å². The Morgan fingerprint density at radius 3 is 2.63 bits per heavy atom. The Labute approximate surface area is 178 Å². The molecule has 0 saturated heterocycles. The van der Waals surface area contributed by atoms with Crippen LogP contribution >= 0.6 is 24.0 Å². The van der Waals surface area contributed by atoms with E-state index in [2.05, 4.69) is 44.7 Å². The number of unbranched alkanes of at least 4 members (excludes halogenated alkanes) is 2. The molecule has 0 aliphatic heterocycles. The highest BCUT2D eigenvalue weighted by atomic mass is 127. The number of nitrogens with zero attached hydrogens (tertiary/aromatic N) is 3. The standard InChI is InChI=1S/C19H30N6O.HI/c1-5-6-7-8-14(2)22-19(20-3)21-13-17-23-18(25-24-17)15-9-11-16(26-4)12-10-15;/h9-12,14H,5-8,13H2,1-4H3,(H2,20,21,22)(H,23,24,25);1H. The van der Waals surface area contributed by atoms with Gasteiger partial charge in [-0.05, 0) is 37.6 Å². The average Bonchev–Trinajstić information content (AvgIpc) is 3.14. The van der Waals surface area contributed by atoms with Gasteiger partial charge in [0.25, 0.3) is 0 Å². The van der Waals surface area contributed by atoms with Crippen LogP contribution in [0.5, 0.6) is 5.75 Å². The fourth-order valence-corrected chi connectivity index (χ4v) is 2.61. The Kier molecular flexibility index (Phi) is 10.8. The van der Waals surface area contributed by atoms with E-state index < -0.39 is 0 Å². The van der Waals surface area contributed by atoms with Gasteiger partial charge in [0.1, 0.15) is 11.6 Å². The minimum Gasteiger partial charge on any atom is -0.497 e. The summed E-state index contributed by atoms with van der Waals surface area (Å²) >= 11 is 0. The van der Waals surface area contributed by atoms with Crippen LogP contribution in [0, 0.1) is 0 Å². The molecule has 0 fully saturated rings. The summed E-state index contributed by atoms with van der Waals surface area (Å²) in [5, 5.41) is 13.9. The Balaban J connectivity index is 0.00000364. The molecule has 0 radical (unpaired) electrons. The lowest BCUT2D eigenvalue weighted by molar-refractivity contribution is 0.415. The van der Waals surface area contributed by atoms with Crippen molar-refractivity contribution in [2.24, 2.45) is 4.99 Å². The van der Waals surface area contributed by atoms with Crippen LogP contribution in [-0.4, -0.2) is 41.3 Å². The molecule has 0 saturated carbocycles. The van der Waals surface area contributed by atoms with E-state index in [4.69, 9.17) is 4.74 Å². The molecule has 3 N–H and O–H groups in total. The van der Waals surface area contributed by atoms with Crippen LogP contribution in [0.15, 0.2) is 29.3 Å². The van der Waals surface area contributed by atoms with Gasteiger partial charge in [0.15, 0.2) is 11.8 Å². The first-order valence-electron chi connectivity index (χ1n) is 9.19. The molecule has 1 aromatic carbocycles. The molecular weight excluding hydrogens is 455 g/mol. The lowest BCUT2D eigenvalue weighted by atomic mass is 10.1. The van der Waals surface area contributed by atoms with Gasteiger partial charge < -0.3 is 15.4 Å². The third kappa shape index (κ3) is 7.74. The number of H-pyrrole nitrogens is 1. The first kappa shape index (κ1) is 23.2. The fraction of sp³-hybridized carbons (Fsp3) is 0.526. The van der Waals surface area contributed by atoms with Crippen molar-refractivity contribution in [2.75, 3.05) is 14.2 Å². The van der Waals surface area contributed by atoms with E-state index in [0.29, 0.717) is 18.4 Å². The second kappa shape index (κ2) is 12.5. The highest BCUT2D eigenvalue weighted by Gasteiger charge is 2.08. The predicted molar refractivity (Wildman–Crippen MR) is 121 cm³/mol. The number of ether oxygens (including phenoxy) is 1. The van der Waals surface area contributed by atoms with Gasteiger partial charge in [-0.15, -0.1) is 24.0 Å². The van der Waals surface area contributed by atoms with Crippen molar-refractivity contribution in [2.45, 2.75) is 52.1 Å². The maximum Gasteiger partial charge on any atom is 0.191 e. The van der Waals surface area contributed by atoms with E-state index in [1.807, 2.05) is 24.3 Å². The largest absolute Gasteiger partial charge is 0.497 e. The van der Waals surface area contributed by atoms with Crippen LogP contribution < -0.4 is 15.4 Å². The van der Waals surface area contributed by atoms with Crippen LogP contribution in [-0.2, 0) is 6.54 Å². The molecule has 1 unspecified atom stereocenters. The minimum absolute atomic E-state index is 0. The number of hydrogen-bond donors (Lipinski definition) is 3. The molecule has 0 amide bonds. The van der Waals surface area contributed by atoms with Gasteiger partial charge in [0.05, 0.1) is 13.7 Å². The Morgan fingerprint density at radius 2 is 2.00 bits per heavy atom. The molecule has 0 aliphatic carbocycles. The van der Waals surface area contributed by atoms with Crippen molar-refractivity contribution in [1.29, 1.82) is 0 Å². The topological polar surface area (TPSA) is 87.2 Å². The zero-order chi connectivity index (χ0) is 18.8. The van der Waals surface area contributed by atoms with E-state index in [0.717, 1.165) is 29.5 Å². The summed E-state index contributed by atoms with van der Waals surface area (Å²) in [6.07, 6.45) is 4.87. The van der Waals surface area contributed by atoms with Gasteiger partial charge in [0.2, 0.25) is 0 Å². The van der Waals surface area contributed by atoms with E-state index >= 15 is 0 Å². The first-order chi connectivity index (χ1) is 12.7. The Hall–Kier alpha value is -1.84. The van der Waals surface area contributed by atoms with Gasteiger partial charge >= 0.3 is 0 Å². The SMILES string of the molecule is CCCCCC(C)NC(=NC)NCc1nc(-c2ccc(OC)cc2)n[nH]1.I. The van der Waals surface area contributed by atoms with Crippen molar-refractivity contribution in [1.82, 2.24) is 25.8 Å². The zero-order valence-corrected chi connectivity index (χ0v) is 18.9. The van der Waals surface area contributed by atoms with E-state index in [9.17, 15) is 0 Å². The molecule has 2 rings (SSSR count). The molecule has 2 aromatic rings. The summed E-state index contributed by atoms with van der Waals surface area (Å²) in [5.74, 6) is 3.02. The van der Waals surface area contributed by atoms with Crippen molar-refractivity contribution < 1.29 is 4.74 Å². The lowest BCUT2D eigenvalue weighted by Gasteiger charge is -2.17. The Bertz CT molecular complexity index is 686. The van der Waals surface area contributed by atoms with Crippen LogP contribution in [0.3, 0.4) is 0 Å². The monoisotopic (exact) mass is 486 g/mol. The first-order valence-corrected chi connectivity index (χ1v) is 9.19. The molecule has 0 aliphatic rings. The van der Waals surface area contributed by atoms with Crippen LogP contribution in [0.2, 0.25) is 0 Å². The third-order valence-corrected chi connectivity index (χ3v) is 4.15. The van der Waals surface area contributed by atoms with Crippen molar-refractivity contribution >= 4 is 29.9 Å². The van der Waals surface area contributed by atoms with E-state index in [1.54, 1.807) is 14.2 Å². The summed E-state index contributed by atoms with van der Waals surface area (Å²) in [7, 11) is 3.43. The quantitative estimate of drug-likeness (QED) is 0.218. The molecule has 1 atom stereocenters. The second-order valence-electron chi connectivity index (χ2n) is 6.30. The zero-order valence-electron chi connectivity index (χ0n) is 16.6. The molecule has 0 spiro atoms.